The Kier molecular flexibility index (Phi) is 7.40. The van der Waals surface area contributed by atoms with E-state index >= 15 is 0 Å². The molecule has 0 aliphatic carbocycles. The lowest BCUT2D eigenvalue weighted by Gasteiger charge is -2.14. The molecule has 42 heavy (non-hydrogen) atoms. The minimum atomic E-state index is -4.67. The van der Waals surface area contributed by atoms with E-state index in [0.717, 1.165) is 21.2 Å². The maximum atomic E-state index is 14.4. The molecule has 1 N–H and O–H groups in total. The number of rotatable bonds is 6. The van der Waals surface area contributed by atoms with Crippen LogP contribution in [-0.2, 0) is 37.5 Å². The van der Waals surface area contributed by atoms with Gasteiger partial charge < -0.3 is 19.1 Å². The number of benzene rings is 3. The number of aromatic carboxylic acids is 1. The Hall–Kier alpha value is -4.31. The molecule has 0 atom stereocenters. The molecular formula is C32H30F3N3O4. The number of ether oxygens (including phenoxy) is 2. The van der Waals surface area contributed by atoms with Crippen LogP contribution in [0.15, 0.2) is 60.7 Å². The fourth-order valence-corrected chi connectivity index (χ4v) is 6.09. The van der Waals surface area contributed by atoms with Crippen LogP contribution in [0.5, 0.6) is 5.75 Å². The summed E-state index contributed by atoms with van der Waals surface area (Å²) in [6.45, 7) is 0.948. The van der Waals surface area contributed by atoms with Crippen LogP contribution in [0.25, 0.3) is 32.8 Å². The standard InChI is InChI=1S/C32H30F3N3O4/c1-37-30(32(33,34)35)27-24-13-7-12-22-23(14-8-18-42-26-15-6-10-20-9-2-3-11-21(20)26)29(31(39)40)38(28(22)24)16-4-5-17-41-19-25(27)36-37/h2-3,6-7,9-13,15H,4-5,8,14,16-19H2,1H3,(H,39,40). The van der Waals surface area contributed by atoms with Crippen molar-refractivity contribution in [1.29, 1.82) is 0 Å². The molecule has 5 aromatic rings. The summed E-state index contributed by atoms with van der Waals surface area (Å²) in [5, 5.41) is 17.3. The molecule has 0 saturated carbocycles. The quantitative estimate of drug-likeness (QED) is 0.215. The van der Waals surface area contributed by atoms with Gasteiger partial charge >= 0.3 is 12.1 Å². The third-order valence-corrected chi connectivity index (χ3v) is 7.78. The Balaban J connectivity index is 1.44. The van der Waals surface area contributed by atoms with E-state index in [1.165, 1.54) is 7.05 Å². The maximum Gasteiger partial charge on any atom is 0.433 e. The largest absolute Gasteiger partial charge is 0.493 e. The minimum Gasteiger partial charge on any atom is -0.493 e. The number of halogens is 3. The minimum absolute atomic E-state index is 0.0689. The number of aromatic nitrogens is 3. The molecule has 218 valence electrons. The molecule has 3 heterocycles. The van der Waals surface area contributed by atoms with Gasteiger partial charge in [0.1, 0.15) is 11.4 Å². The van der Waals surface area contributed by atoms with Gasteiger partial charge in [0, 0.05) is 42.1 Å². The molecule has 0 unspecified atom stereocenters. The summed E-state index contributed by atoms with van der Waals surface area (Å²) in [6.07, 6.45) is -2.53. The molecule has 2 aromatic heterocycles. The van der Waals surface area contributed by atoms with E-state index in [2.05, 4.69) is 5.10 Å². The number of carboxylic acids is 1. The zero-order chi connectivity index (χ0) is 29.4. The monoisotopic (exact) mass is 577 g/mol. The predicted octanol–water partition coefficient (Wildman–Crippen LogP) is 7.23. The van der Waals surface area contributed by atoms with Gasteiger partial charge in [-0.15, -0.1) is 0 Å². The third-order valence-electron chi connectivity index (χ3n) is 7.78. The zero-order valence-electron chi connectivity index (χ0n) is 23.1. The molecule has 10 heteroatoms. The number of nitrogens with zero attached hydrogens (tertiary/aromatic N) is 3. The van der Waals surface area contributed by atoms with Gasteiger partial charge in [-0.25, -0.2) is 4.79 Å². The predicted molar refractivity (Wildman–Crippen MR) is 153 cm³/mol. The lowest BCUT2D eigenvalue weighted by molar-refractivity contribution is -0.143. The normalized spacial score (nSPS) is 14.1. The van der Waals surface area contributed by atoms with Crippen LogP contribution >= 0.6 is 0 Å². The number of para-hydroxylation sites is 1. The van der Waals surface area contributed by atoms with Gasteiger partial charge in [-0.1, -0.05) is 54.6 Å². The first-order chi connectivity index (χ1) is 20.3. The van der Waals surface area contributed by atoms with Crippen LogP contribution in [0.4, 0.5) is 13.2 Å². The van der Waals surface area contributed by atoms with Crippen molar-refractivity contribution < 1.29 is 32.5 Å². The molecule has 0 fully saturated rings. The fraction of sp³-hybridized carbons (Fsp3) is 0.312. The fourth-order valence-electron chi connectivity index (χ4n) is 6.09. The van der Waals surface area contributed by atoms with Gasteiger partial charge in [0.05, 0.1) is 24.4 Å². The van der Waals surface area contributed by atoms with E-state index in [0.29, 0.717) is 67.5 Å². The molecular weight excluding hydrogens is 547 g/mol. The lowest BCUT2D eigenvalue weighted by atomic mass is 9.98. The van der Waals surface area contributed by atoms with E-state index in [4.69, 9.17) is 9.47 Å². The third kappa shape index (κ3) is 5.00. The van der Waals surface area contributed by atoms with Gasteiger partial charge in [0.25, 0.3) is 0 Å². The number of hydrogen-bond donors (Lipinski definition) is 1. The molecule has 0 radical (unpaired) electrons. The molecule has 1 aliphatic rings. The smallest absolute Gasteiger partial charge is 0.433 e. The van der Waals surface area contributed by atoms with Crippen LogP contribution in [-0.4, -0.2) is 38.6 Å². The second kappa shape index (κ2) is 11.2. The summed E-state index contributed by atoms with van der Waals surface area (Å²) in [7, 11) is 1.27. The highest BCUT2D eigenvalue weighted by atomic mass is 19.4. The Bertz CT molecular complexity index is 1780. The van der Waals surface area contributed by atoms with Crippen molar-refractivity contribution in [1.82, 2.24) is 14.3 Å². The number of fused-ring (bicyclic) bond motifs is 3. The van der Waals surface area contributed by atoms with Crippen LogP contribution in [0.1, 0.15) is 46.7 Å². The summed E-state index contributed by atoms with van der Waals surface area (Å²) in [5.41, 5.74) is 0.682. The SMILES string of the molecule is Cn1nc2c(c1C(F)(F)F)-c1cccc3c(CCCOc4cccc5ccccc45)c(C(=O)O)n(c13)CCCCOC2. The van der Waals surface area contributed by atoms with E-state index in [1.54, 1.807) is 22.8 Å². The summed E-state index contributed by atoms with van der Waals surface area (Å²) < 4.78 is 57.4. The second-order valence-electron chi connectivity index (χ2n) is 10.5. The van der Waals surface area contributed by atoms with Gasteiger partial charge in [0.15, 0.2) is 5.69 Å². The summed E-state index contributed by atoms with van der Waals surface area (Å²) in [5.74, 6) is -0.368. The Morgan fingerprint density at radius 1 is 1.05 bits per heavy atom. The molecule has 0 spiro atoms. The van der Waals surface area contributed by atoms with Crippen LogP contribution in [0.3, 0.4) is 0 Å². The van der Waals surface area contributed by atoms with Crippen molar-refractivity contribution >= 4 is 27.6 Å². The summed E-state index contributed by atoms with van der Waals surface area (Å²) in [6, 6.07) is 18.8. The van der Waals surface area contributed by atoms with E-state index in [-0.39, 0.29) is 23.6 Å². The number of carboxylic acid groups (broad SMARTS) is 1. The van der Waals surface area contributed by atoms with Gasteiger partial charge in [-0.3, -0.25) is 4.68 Å². The highest BCUT2D eigenvalue weighted by molar-refractivity contribution is 6.04. The van der Waals surface area contributed by atoms with Gasteiger partial charge in [-0.05, 0) is 42.7 Å². The van der Waals surface area contributed by atoms with Crippen LogP contribution < -0.4 is 4.74 Å². The van der Waals surface area contributed by atoms with Crippen molar-refractivity contribution in [2.45, 2.75) is 45.0 Å². The highest BCUT2D eigenvalue weighted by Gasteiger charge is 2.40. The Morgan fingerprint density at radius 2 is 1.81 bits per heavy atom. The zero-order valence-corrected chi connectivity index (χ0v) is 23.1. The van der Waals surface area contributed by atoms with E-state index < -0.39 is 17.8 Å². The first kappa shape index (κ1) is 27.8. The molecule has 0 bridgehead atoms. The van der Waals surface area contributed by atoms with Crippen molar-refractivity contribution in [3.8, 4) is 16.9 Å². The van der Waals surface area contributed by atoms with Crippen molar-refractivity contribution in [2.75, 3.05) is 13.2 Å². The molecule has 0 saturated heterocycles. The van der Waals surface area contributed by atoms with Gasteiger partial charge in [0.2, 0.25) is 0 Å². The summed E-state index contributed by atoms with van der Waals surface area (Å²) >= 11 is 0. The maximum absolute atomic E-state index is 14.4. The van der Waals surface area contributed by atoms with E-state index in [9.17, 15) is 23.1 Å². The average molecular weight is 578 g/mol. The number of carbonyl (C=O) groups is 1. The number of hydrogen-bond acceptors (Lipinski definition) is 4. The Morgan fingerprint density at radius 3 is 2.62 bits per heavy atom. The molecule has 7 nitrogen and oxygen atoms in total. The molecule has 3 aromatic carbocycles. The van der Waals surface area contributed by atoms with Crippen LogP contribution in [0, 0.1) is 0 Å². The molecule has 0 amide bonds. The van der Waals surface area contributed by atoms with E-state index in [1.807, 2.05) is 42.5 Å². The second-order valence-corrected chi connectivity index (χ2v) is 10.5. The topological polar surface area (TPSA) is 78.5 Å². The molecule has 1 aliphatic heterocycles. The van der Waals surface area contributed by atoms with Gasteiger partial charge in [-0.2, -0.15) is 18.3 Å². The van der Waals surface area contributed by atoms with Crippen molar-refractivity contribution in [3.63, 3.8) is 0 Å². The average Bonchev–Trinajstić information content (AvgIpc) is 3.46. The van der Waals surface area contributed by atoms with Crippen molar-refractivity contribution in [3.05, 3.63) is 83.3 Å². The first-order valence-corrected chi connectivity index (χ1v) is 13.9. The van der Waals surface area contributed by atoms with Crippen LogP contribution in [0.2, 0.25) is 0 Å². The molecule has 6 rings (SSSR count). The highest BCUT2D eigenvalue weighted by Crippen LogP contribution is 2.43. The first-order valence-electron chi connectivity index (χ1n) is 13.9. The Labute approximate surface area is 240 Å². The number of aryl methyl sites for hydroxylation is 3. The van der Waals surface area contributed by atoms with Crippen molar-refractivity contribution in [2.24, 2.45) is 7.05 Å². The summed E-state index contributed by atoms with van der Waals surface area (Å²) in [4.78, 5) is 12.7. The number of alkyl halides is 3. The lowest BCUT2D eigenvalue weighted by Crippen LogP contribution is -2.14.